The van der Waals surface area contributed by atoms with Gasteiger partial charge in [0, 0.05) is 10.6 Å². The molecule has 128 valence electrons. The van der Waals surface area contributed by atoms with Crippen LogP contribution in [0, 0.1) is 6.92 Å². The lowest BCUT2D eigenvalue weighted by Gasteiger charge is -2.22. The molecule has 3 N–H and O–H groups in total. The highest BCUT2D eigenvalue weighted by Gasteiger charge is 2.30. The third kappa shape index (κ3) is 4.21. The molecule has 0 fully saturated rings. The molecule has 0 saturated carbocycles. The molecular weight excluding hydrogens is 326 g/mol. The number of esters is 1. The van der Waals surface area contributed by atoms with Gasteiger partial charge in [0.05, 0.1) is 19.5 Å². The first-order valence-electron chi connectivity index (χ1n) is 7.39. The average Bonchev–Trinajstić information content (AvgIpc) is 2.61. The third-order valence-electron chi connectivity index (χ3n) is 3.60. The predicted octanol–water partition coefficient (Wildman–Crippen LogP) is 2.95. The zero-order valence-electron chi connectivity index (χ0n) is 13.9. The molecule has 0 bridgehead atoms. The molecule has 0 heterocycles. The lowest BCUT2D eigenvalue weighted by molar-refractivity contribution is -0.150. The summed E-state index contributed by atoms with van der Waals surface area (Å²) in [5, 5.41) is 9.86. The molecular formula is C18H21NO4S. The summed E-state index contributed by atoms with van der Waals surface area (Å²) in [5.41, 5.74) is 8.46. The number of anilines is 1. The maximum Gasteiger partial charge on any atom is 0.336 e. The van der Waals surface area contributed by atoms with E-state index in [2.05, 4.69) is 0 Å². The Morgan fingerprint density at radius 1 is 1.17 bits per heavy atom. The van der Waals surface area contributed by atoms with Gasteiger partial charge in [-0.25, -0.2) is 4.79 Å². The normalized spacial score (nSPS) is 13.2. The Kier molecular flexibility index (Phi) is 6.11. The maximum atomic E-state index is 11.9. The fraction of sp³-hybridized carbons (Fsp3) is 0.278. The van der Waals surface area contributed by atoms with Crippen LogP contribution in [0.3, 0.4) is 0 Å². The van der Waals surface area contributed by atoms with Crippen molar-refractivity contribution in [1.82, 2.24) is 0 Å². The molecule has 0 saturated heterocycles. The lowest BCUT2D eigenvalue weighted by atomic mass is 10.1. The highest BCUT2D eigenvalue weighted by Crippen LogP contribution is 2.41. The fourth-order valence-electron chi connectivity index (χ4n) is 2.23. The van der Waals surface area contributed by atoms with Gasteiger partial charge in [-0.05, 0) is 42.3 Å². The standard InChI is InChI=1S/C18H21NO4S/c1-11-4-9-14(19)15(10-11)24-17(16(20)18(21)23-3)12-5-7-13(22-2)8-6-12/h4-10,16-17,20H,19H2,1-3H3/t16-,17+/m0/s1. The first-order chi connectivity index (χ1) is 11.5. The number of aliphatic hydroxyl groups excluding tert-OH is 1. The van der Waals surface area contributed by atoms with Crippen molar-refractivity contribution in [2.75, 3.05) is 20.0 Å². The van der Waals surface area contributed by atoms with Crippen molar-refractivity contribution in [2.45, 2.75) is 23.2 Å². The summed E-state index contributed by atoms with van der Waals surface area (Å²) in [7, 11) is 2.83. The zero-order valence-corrected chi connectivity index (χ0v) is 14.7. The molecule has 0 radical (unpaired) electrons. The van der Waals surface area contributed by atoms with Gasteiger partial charge in [-0.3, -0.25) is 0 Å². The summed E-state index contributed by atoms with van der Waals surface area (Å²) in [4.78, 5) is 12.7. The SMILES string of the molecule is COC(=O)[C@@H](O)[C@H](Sc1cc(C)ccc1N)c1ccc(OC)cc1. The van der Waals surface area contributed by atoms with Crippen LogP contribution >= 0.6 is 11.8 Å². The molecule has 0 unspecified atom stereocenters. The number of carbonyl (C=O) groups excluding carboxylic acids is 1. The quantitative estimate of drug-likeness (QED) is 0.475. The van der Waals surface area contributed by atoms with E-state index < -0.39 is 17.3 Å². The molecule has 0 spiro atoms. The van der Waals surface area contributed by atoms with Crippen LogP contribution in [0.4, 0.5) is 5.69 Å². The molecule has 0 aliphatic heterocycles. The van der Waals surface area contributed by atoms with Gasteiger partial charge in [0.2, 0.25) is 0 Å². The van der Waals surface area contributed by atoms with Gasteiger partial charge in [0.1, 0.15) is 5.75 Å². The minimum Gasteiger partial charge on any atom is -0.497 e. The van der Waals surface area contributed by atoms with Crippen LogP contribution < -0.4 is 10.5 Å². The summed E-state index contributed by atoms with van der Waals surface area (Å²) >= 11 is 1.33. The first kappa shape index (κ1) is 18.2. The average molecular weight is 347 g/mol. The Balaban J connectivity index is 2.38. The molecule has 24 heavy (non-hydrogen) atoms. The van der Waals surface area contributed by atoms with E-state index in [-0.39, 0.29) is 0 Å². The van der Waals surface area contributed by atoms with E-state index in [1.54, 1.807) is 19.2 Å². The van der Waals surface area contributed by atoms with Crippen molar-refractivity contribution >= 4 is 23.4 Å². The van der Waals surface area contributed by atoms with Crippen LogP contribution in [0.25, 0.3) is 0 Å². The summed E-state index contributed by atoms with van der Waals surface area (Å²) < 4.78 is 9.84. The van der Waals surface area contributed by atoms with Gasteiger partial charge in [-0.15, -0.1) is 11.8 Å². The number of methoxy groups -OCH3 is 2. The molecule has 2 rings (SSSR count). The molecule has 0 aromatic heterocycles. The summed E-state index contributed by atoms with van der Waals surface area (Å²) in [5.74, 6) is 0.0136. The molecule has 0 amide bonds. The molecule has 2 atom stereocenters. The number of rotatable bonds is 6. The molecule has 6 heteroatoms. The van der Waals surface area contributed by atoms with Crippen molar-refractivity contribution in [3.63, 3.8) is 0 Å². The number of hydrogen-bond acceptors (Lipinski definition) is 6. The Morgan fingerprint density at radius 3 is 2.42 bits per heavy atom. The summed E-state index contributed by atoms with van der Waals surface area (Å²) in [6.45, 7) is 1.96. The van der Waals surface area contributed by atoms with Crippen LogP contribution in [-0.4, -0.2) is 31.4 Å². The van der Waals surface area contributed by atoms with E-state index in [4.69, 9.17) is 15.2 Å². The molecule has 2 aromatic carbocycles. The summed E-state index contributed by atoms with van der Waals surface area (Å²) in [6.07, 6.45) is -1.31. The minimum atomic E-state index is -1.31. The number of ether oxygens (including phenoxy) is 2. The van der Waals surface area contributed by atoms with Crippen molar-refractivity contribution in [3.8, 4) is 5.75 Å². The monoisotopic (exact) mass is 347 g/mol. The third-order valence-corrected chi connectivity index (χ3v) is 4.99. The van der Waals surface area contributed by atoms with Crippen LogP contribution in [-0.2, 0) is 9.53 Å². The number of benzene rings is 2. The van der Waals surface area contributed by atoms with Crippen LogP contribution in [0.15, 0.2) is 47.4 Å². The highest BCUT2D eigenvalue weighted by atomic mass is 32.2. The zero-order chi connectivity index (χ0) is 17.7. The van der Waals surface area contributed by atoms with Crippen molar-refractivity contribution in [1.29, 1.82) is 0 Å². The van der Waals surface area contributed by atoms with Gasteiger partial charge in [0.25, 0.3) is 0 Å². The van der Waals surface area contributed by atoms with Gasteiger partial charge < -0.3 is 20.3 Å². The molecule has 0 aliphatic rings. The molecule has 5 nitrogen and oxygen atoms in total. The lowest BCUT2D eigenvalue weighted by Crippen LogP contribution is -2.27. The van der Waals surface area contributed by atoms with Crippen LogP contribution in [0.2, 0.25) is 0 Å². The van der Waals surface area contributed by atoms with E-state index in [0.717, 1.165) is 16.0 Å². The fourth-order valence-corrected chi connectivity index (χ4v) is 3.50. The van der Waals surface area contributed by atoms with Crippen LogP contribution in [0.5, 0.6) is 5.75 Å². The van der Waals surface area contributed by atoms with E-state index in [1.807, 2.05) is 37.3 Å². The van der Waals surface area contributed by atoms with E-state index in [0.29, 0.717) is 11.4 Å². The number of aliphatic hydroxyl groups is 1. The second-order valence-electron chi connectivity index (χ2n) is 5.32. The van der Waals surface area contributed by atoms with Crippen molar-refractivity contribution < 1.29 is 19.4 Å². The first-order valence-corrected chi connectivity index (χ1v) is 8.27. The number of thioether (sulfide) groups is 1. The van der Waals surface area contributed by atoms with Gasteiger partial charge in [0.15, 0.2) is 6.10 Å². The second kappa shape index (κ2) is 8.08. The van der Waals surface area contributed by atoms with E-state index >= 15 is 0 Å². The Bertz CT molecular complexity index is 703. The van der Waals surface area contributed by atoms with E-state index in [1.165, 1.54) is 18.9 Å². The highest BCUT2D eigenvalue weighted by molar-refractivity contribution is 7.99. The smallest absolute Gasteiger partial charge is 0.336 e. The van der Waals surface area contributed by atoms with Crippen molar-refractivity contribution in [3.05, 3.63) is 53.6 Å². The minimum absolute atomic E-state index is 0.549. The van der Waals surface area contributed by atoms with Gasteiger partial charge >= 0.3 is 5.97 Å². The number of carbonyl (C=O) groups is 1. The number of nitrogen functional groups attached to an aromatic ring is 1. The van der Waals surface area contributed by atoms with E-state index in [9.17, 15) is 9.90 Å². The Labute approximate surface area is 145 Å². The Hall–Kier alpha value is -2.18. The van der Waals surface area contributed by atoms with Gasteiger partial charge in [-0.2, -0.15) is 0 Å². The maximum absolute atomic E-state index is 11.9. The molecule has 2 aromatic rings. The van der Waals surface area contributed by atoms with Gasteiger partial charge in [-0.1, -0.05) is 18.2 Å². The predicted molar refractivity (Wildman–Crippen MR) is 95.2 cm³/mol. The molecule has 0 aliphatic carbocycles. The largest absolute Gasteiger partial charge is 0.497 e. The van der Waals surface area contributed by atoms with Crippen LogP contribution in [0.1, 0.15) is 16.4 Å². The second-order valence-corrected chi connectivity index (χ2v) is 6.50. The summed E-state index contributed by atoms with van der Waals surface area (Å²) in [6, 6.07) is 12.9. The number of nitrogens with two attached hydrogens (primary N) is 1. The van der Waals surface area contributed by atoms with Crippen molar-refractivity contribution in [2.24, 2.45) is 0 Å². The Morgan fingerprint density at radius 2 is 1.83 bits per heavy atom. The number of hydrogen-bond donors (Lipinski definition) is 2. The topological polar surface area (TPSA) is 81.8 Å². The number of aryl methyl sites for hydroxylation is 1.